The highest BCUT2D eigenvalue weighted by Gasteiger charge is 2.33. The van der Waals surface area contributed by atoms with Crippen LogP contribution < -0.4 is 14.4 Å². The van der Waals surface area contributed by atoms with Crippen LogP contribution in [0.4, 0.5) is 5.69 Å². The number of likely N-dealkylation sites (tertiary alicyclic amines) is 1. The molecule has 9 heteroatoms. The lowest BCUT2D eigenvalue weighted by Crippen LogP contribution is -2.35. The second-order valence-corrected chi connectivity index (χ2v) is 11.6. The highest BCUT2D eigenvalue weighted by atomic mass is 35.5. The number of para-hydroxylation sites is 1. The molecule has 0 saturated carbocycles. The van der Waals surface area contributed by atoms with Crippen LogP contribution in [0.15, 0.2) is 72.8 Å². The van der Waals surface area contributed by atoms with Crippen LogP contribution in [0.2, 0.25) is 5.02 Å². The number of likely N-dealkylation sites (N-methyl/N-ethyl adjacent to an activating group) is 1. The van der Waals surface area contributed by atoms with Gasteiger partial charge in [0.05, 0.1) is 32.9 Å². The summed E-state index contributed by atoms with van der Waals surface area (Å²) in [7, 11) is 7.27. The molecule has 0 N–H and O–H groups in total. The maximum Gasteiger partial charge on any atom is 0.270 e. The number of carbonyl (C=O) groups excluding carboxylic acids is 2. The highest BCUT2D eigenvalue weighted by Crippen LogP contribution is 2.38. The van der Waals surface area contributed by atoms with Gasteiger partial charge >= 0.3 is 0 Å². The van der Waals surface area contributed by atoms with E-state index in [1.807, 2.05) is 70.1 Å². The summed E-state index contributed by atoms with van der Waals surface area (Å²) in [5, 5.41) is 0.429. The van der Waals surface area contributed by atoms with Gasteiger partial charge in [-0.1, -0.05) is 41.9 Å². The smallest absolute Gasteiger partial charge is 0.270 e. The second kappa shape index (κ2) is 11.8. The van der Waals surface area contributed by atoms with E-state index in [2.05, 4.69) is 19.0 Å². The van der Waals surface area contributed by atoms with E-state index in [0.717, 1.165) is 41.0 Å². The molecule has 43 heavy (non-hydrogen) atoms. The Bertz CT molecular complexity index is 1700. The van der Waals surface area contributed by atoms with Crippen LogP contribution in [0.5, 0.6) is 11.5 Å². The summed E-state index contributed by atoms with van der Waals surface area (Å²) >= 11 is 6.80. The number of halogens is 1. The average molecular weight is 599 g/mol. The Morgan fingerprint density at radius 1 is 0.907 bits per heavy atom. The first-order valence-electron chi connectivity index (χ1n) is 14.3. The maximum atomic E-state index is 14.3. The third kappa shape index (κ3) is 5.37. The molecule has 4 aromatic rings. The molecule has 2 aliphatic heterocycles. The van der Waals surface area contributed by atoms with E-state index in [4.69, 9.17) is 21.1 Å². The van der Waals surface area contributed by atoms with Gasteiger partial charge in [0.1, 0.15) is 17.2 Å². The number of methoxy groups -OCH3 is 2. The fourth-order valence-electron chi connectivity index (χ4n) is 6.08. The number of carbonyl (C=O) groups is 2. The van der Waals surface area contributed by atoms with Gasteiger partial charge in [-0.3, -0.25) is 9.59 Å². The number of ether oxygens (including phenoxy) is 2. The number of amides is 2. The van der Waals surface area contributed by atoms with Crippen LogP contribution in [-0.4, -0.2) is 73.6 Å². The van der Waals surface area contributed by atoms with E-state index in [0.29, 0.717) is 53.5 Å². The van der Waals surface area contributed by atoms with Crippen molar-refractivity contribution in [2.75, 3.05) is 46.3 Å². The molecule has 0 aliphatic carbocycles. The van der Waals surface area contributed by atoms with Gasteiger partial charge in [0, 0.05) is 41.1 Å². The van der Waals surface area contributed by atoms with Crippen molar-refractivity contribution in [2.24, 2.45) is 0 Å². The van der Waals surface area contributed by atoms with Crippen LogP contribution in [-0.2, 0) is 13.1 Å². The number of fused-ring (bicyclic) bond motifs is 2. The molecule has 1 atom stereocenters. The summed E-state index contributed by atoms with van der Waals surface area (Å²) in [6, 6.07) is 23.1. The zero-order chi connectivity index (χ0) is 30.2. The van der Waals surface area contributed by atoms with E-state index in [1.165, 1.54) is 0 Å². The zero-order valence-corrected chi connectivity index (χ0v) is 25.6. The number of anilines is 1. The first kappa shape index (κ1) is 28.8. The summed E-state index contributed by atoms with van der Waals surface area (Å²) in [5.74, 6) is 0.912. The zero-order valence-electron chi connectivity index (χ0n) is 24.8. The van der Waals surface area contributed by atoms with Crippen molar-refractivity contribution in [2.45, 2.75) is 25.6 Å². The van der Waals surface area contributed by atoms with E-state index in [9.17, 15) is 9.59 Å². The number of aromatic nitrogens is 1. The summed E-state index contributed by atoms with van der Waals surface area (Å²) in [6.45, 7) is 2.22. The molecule has 8 nitrogen and oxygen atoms in total. The van der Waals surface area contributed by atoms with Gasteiger partial charge in [0.2, 0.25) is 0 Å². The van der Waals surface area contributed by atoms with E-state index in [1.54, 1.807) is 31.3 Å². The van der Waals surface area contributed by atoms with Gasteiger partial charge in [0.25, 0.3) is 11.8 Å². The van der Waals surface area contributed by atoms with E-state index >= 15 is 0 Å². The Balaban J connectivity index is 1.36. The molecule has 222 valence electrons. The van der Waals surface area contributed by atoms with Gasteiger partial charge in [-0.15, -0.1) is 0 Å². The van der Waals surface area contributed by atoms with Crippen molar-refractivity contribution >= 4 is 29.1 Å². The Morgan fingerprint density at radius 3 is 2.47 bits per heavy atom. The molecule has 1 saturated heterocycles. The minimum Gasteiger partial charge on any atom is -0.497 e. The summed E-state index contributed by atoms with van der Waals surface area (Å²) in [4.78, 5) is 33.9. The molecule has 1 fully saturated rings. The van der Waals surface area contributed by atoms with Gasteiger partial charge in [-0.05, 0) is 74.1 Å². The number of hydrogen-bond donors (Lipinski definition) is 0. The third-order valence-corrected chi connectivity index (χ3v) is 8.86. The number of rotatable bonds is 6. The molecule has 0 radical (unpaired) electrons. The Hall–Kier alpha value is -4.27. The quantitative estimate of drug-likeness (QED) is 0.280. The van der Waals surface area contributed by atoms with Crippen molar-refractivity contribution in [3.8, 4) is 22.6 Å². The average Bonchev–Trinajstić information content (AvgIpc) is 3.64. The van der Waals surface area contributed by atoms with Crippen LogP contribution >= 0.6 is 11.6 Å². The SMILES string of the molecule is COc1cccc(-c2cc(OC)c(C(=O)N3Cc4ccc(C(=O)N5CC[C@@H](N(C)C)C5)n4Cc4ccccc43)cc2Cl)c1. The first-order chi connectivity index (χ1) is 20.8. The fraction of sp³-hybridized carbons (Fsp3) is 0.294. The Labute approximate surface area is 257 Å². The van der Waals surface area contributed by atoms with Crippen LogP contribution in [0, 0.1) is 0 Å². The summed E-state index contributed by atoms with van der Waals surface area (Å²) < 4.78 is 13.2. The van der Waals surface area contributed by atoms with Crippen LogP contribution in [0.25, 0.3) is 11.1 Å². The van der Waals surface area contributed by atoms with Crippen molar-refractivity contribution < 1.29 is 19.1 Å². The van der Waals surface area contributed by atoms with Crippen molar-refractivity contribution in [3.63, 3.8) is 0 Å². The van der Waals surface area contributed by atoms with Gasteiger partial charge < -0.3 is 28.7 Å². The largest absolute Gasteiger partial charge is 0.497 e. The van der Waals surface area contributed by atoms with Crippen molar-refractivity contribution in [1.82, 2.24) is 14.4 Å². The number of benzene rings is 3. The Morgan fingerprint density at radius 2 is 1.72 bits per heavy atom. The van der Waals surface area contributed by atoms with E-state index < -0.39 is 0 Å². The lowest BCUT2D eigenvalue weighted by atomic mass is 10.0. The van der Waals surface area contributed by atoms with Crippen LogP contribution in [0.3, 0.4) is 0 Å². The molecule has 1 aromatic heterocycles. The maximum absolute atomic E-state index is 14.3. The first-order valence-corrected chi connectivity index (χ1v) is 14.7. The second-order valence-electron chi connectivity index (χ2n) is 11.2. The highest BCUT2D eigenvalue weighted by molar-refractivity contribution is 6.34. The molecule has 6 rings (SSSR count). The van der Waals surface area contributed by atoms with Gasteiger partial charge in [-0.2, -0.15) is 0 Å². The van der Waals surface area contributed by atoms with Gasteiger partial charge in [-0.25, -0.2) is 0 Å². The normalized spacial score (nSPS) is 16.1. The molecule has 0 unspecified atom stereocenters. The minimum atomic E-state index is -0.237. The third-order valence-electron chi connectivity index (χ3n) is 8.55. The van der Waals surface area contributed by atoms with Crippen molar-refractivity contribution in [3.05, 3.63) is 100 Å². The molecule has 0 bridgehead atoms. The molecule has 3 aromatic carbocycles. The Kier molecular flexibility index (Phi) is 7.90. The predicted octanol–water partition coefficient (Wildman–Crippen LogP) is 5.81. The minimum absolute atomic E-state index is 0.0226. The lowest BCUT2D eigenvalue weighted by molar-refractivity contribution is 0.0772. The van der Waals surface area contributed by atoms with Crippen LogP contribution in [0.1, 0.15) is 38.5 Å². The predicted molar refractivity (Wildman–Crippen MR) is 168 cm³/mol. The molecular weight excluding hydrogens is 564 g/mol. The molecule has 2 aliphatic rings. The monoisotopic (exact) mass is 598 g/mol. The molecule has 3 heterocycles. The summed E-state index contributed by atoms with van der Waals surface area (Å²) in [5.41, 5.74) is 5.21. The standard InChI is InChI=1S/C34H35ClN4O4/c1-36(2)24-14-15-37(20-24)34(41)31-13-12-25-21-39(30-11-6-5-8-23(30)19-38(25)31)33(40)28-17-29(35)27(18-32(28)43-4)22-9-7-10-26(16-22)42-3/h5-13,16-18,24H,14-15,19-21H2,1-4H3/t24-/m1/s1. The molecular formula is C34H35ClN4O4. The lowest BCUT2D eigenvalue weighted by Gasteiger charge is -2.24. The topological polar surface area (TPSA) is 67.2 Å². The van der Waals surface area contributed by atoms with Gasteiger partial charge in [0.15, 0.2) is 0 Å². The number of nitrogens with zero attached hydrogens (tertiary/aromatic N) is 4. The molecule has 2 amide bonds. The van der Waals surface area contributed by atoms with E-state index in [-0.39, 0.29) is 11.8 Å². The molecule has 0 spiro atoms. The summed E-state index contributed by atoms with van der Waals surface area (Å²) in [6.07, 6.45) is 0.957. The fourth-order valence-corrected chi connectivity index (χ4v) is 6.36. The van der Waals surface area contributed by atoms with Crippen molar-refractivity contribution in [1.29, 1.82) is 0 Å². The number of hydrogen-bond acceptors (Lipinski definition) is 5.